The van der Waals surface area contributed by atoms with Crippen LogP contribution in [0, 0.1) is 0 Å². The molecule has 0 aliphatic rings. The van der Waals surface area contributed by atoms with Gasteiger partial charge in [0.1, 0.15) is 0 Å². The first-order valence-electron chi connectivity index (χ1n) is 6.16. The Kier molecular flexibility index (Phi) is 7.10. The maximum Gasteiger partial charge on any atom is 0.191 e. The lowest BCUT2D eigenvalue weighted by Gasteiger charge is -2.10. The lowest BCUT2D eigenvalue weighted by Crippen LogP contribution is -2.39. The number of hydrogen-bond acceptors (Lipinski definition) is 2. The molecule has 1 aromatic rings. The highest BCUT2D eigenvalue weighted by Crippen LogP contribution is 2.04. The van der Waals surface area contributed by atoms with E-state index in [1.165, 1.54) is 0 Å². The van der Waals surface area contributed by atoms with Crippen molar-refractivity contribution in [1.29, 1.82) is 0 Å². The normalized spacial score (nSPS) is 13.1. The summed E-state index contributed by atoms with van der Waals surface area (Å²) in [5.74, 6) is 1.35. The van der Waals surface area contributed by atoms with Gasteiger partial charge in [-0.2, -0.15) is 0 Å². The first kappa shape index (κ1) is 14.7. The molecule has 18 heavy (non-hydrogen) atoms. The minimum atomic E-state index is -0.953. The number of rotatable bonds is 6. The summed E-state index contributed by atoms with van der Waals surface area (Å²) < 4.78 is 11.9. The topological polar surface area (TPSA) is 53.5 Å². The van der Waals surface area contributed by atoms with E-state index in [2.05, 4.69) is 22.5 Å². The summed E-state index contributed by atoms with van der Waals surface area (Å²) in [5, 5.41) is 6.32. The average molecular weight is 267 g/mol. The van der Waals surface area contributed by atoms with Crippen LogP contribution in [0.3, 0.4) is 0 Å². The molecular formula is C13H21N3OS. The second-order valence-corrected chi connectivity index (χ2v) is 5.36. The van der Waals surface area contributed by atoms with Crippen molar-refractivity contribution < 1.29 is 4.21 Å². The quantitative estimate of drug-likeness (QED) is 0.604. The van der Waals surface area contributed by atoms with E-state index < -0.39 is 10.8 Å². The van der Waals surface area contributed by atoms with Crippen molar-refractivity contribution in [2.45, 2.75) is 18.2 Å². The Balaban J connectivity index is 2.31. The summed E-state index contributed by atoms with van der Waals surface area (Å²) in [6.07, 6.45) is 1.05. The number of nitrogens with zero attached hydrogens (tertiary/aromatic N) is 1. The second-order valence-electron chi connectivity index (χ2n) is 3.79. The Morgan fingerprint density at radius 3 is 2.50 bits per heavy atom. The van der Waals surface area contributed by atoms with Gasteiger partial charge in [-0.15, -0.1) is 0 Å². The van der Waals surface area contributed by atoms with Crippen LogP contribution in [0.4, 0.5) is 0 Å². The summed E-state index contributed by atoms with van der Waals surface area (Å²) in [6, 6.07) is 9.51. The maximum atomic E-state index is 11.9. The zero-order valence-corrected chi connectivity index (χ0v) is 11.8. The molecule has 0 aromatic heterocycles. The second kappa shape index (κ2) is 8.69. The van der Waals surface area contributed by atoms with E-state index in [1.54, 1.807) is 7.05 Å². The maximum absolute atomic E-state index is 11.9. The molecule has 0 heterocycles. The Morgan fingerprint density at radius 2 is 1.89 bits per heavy atom. The molecule has 0 spiro atoms. The molecule has 1 rings (SSSR count). The van der Waals surface area contributed by atoms with E-state index in [0.29, 0.717) is 12.3 Å². The predicted octanol–water partition coefficient (Wildman–Crippen LogP) is 1.37. The van der Waals surface area contributed by atoms with Crippen molar-refractivity contribution in [3.63, 3.8) is 0 Å². The molecule has 2 N–H and O–H groups in total. The lowest BCUT2D eigenvalue weighted by molar-refractivity contribution is 0.681. The van der Waals surface area contributed by atoms with E-state index >= 15 is 0 Å². The van der Waals surface area contributed by atoms with Crippen molar-refractivity contribution >= 4 is 16.8 Å². The van der Waals surface area contributed by atoms with Crippen molar-refractivity contribution in [3.8, 4) is 0 Å². The molecule has 4 nitrogen and oxygen atoms in total. The fourth-order valence-electron chi connectivity index (χ4n) is 1.42. The van der Waals surface area contributed by atoms with Gasteiger partial charge in [0.2, 0.25) is 0 Å². The summed E-state index contributed by atoms with van der Waals surface area (Å²) in [4.78, 5) is 4.96. The molecular weight excluding hydrogens is 246 g/mol. The molecule has 0 bridgehead atoms. The number of aliphatic imine (C=N–C) groups is 1. The van der Waals surface area contributed by atoms with Gasteiger partial charge in [-0.05, 0) is 18.6 Å². The fourth-order valence-corrected chi connectivity index (χ4v) is 2.40. The van der Waals surface area contributed by atoms with Crippen LogP contribution in [0.5, 0.6) is 0 Å². The van der Waals surface area contributed by atoms with E-state index in [9.17, 15) is 4.21 Å². The third-order valence-electron chi connectivity index (χ3n) is 2.35. The van der Waals surface area contributed by atoms with Gasteiger partial charge < -0.3 is 10.6 Å². The molecule has 0 radical (unpaired) electrons. The smallest absolute Gasteiger partial charge is 0.191 e. The molecule has 0 aliphatic heterocycles. The molecule has 1 aromatic carbocycles. The summed E-state index contributed by atoms with van der Waals surface area (Å²) in [6.45, 7) is 3.64. The Bertz CT molecular complexity index is 392. The molecule has 5 heteroatoms. The van der Waals surface area contributed by atoms with Crippen molar-refractivity contribution in [1.82, 2.24) is 10.6 Å². The Labute approximate surface area is 111 Å². The van der Waals surface area contributed by atoms with E-state index in [0.717, 1.165) is 23.8 Å². The van der Waals surface area contributed by atoms with Crippen LogP contribution in [0.25, 0.3) is 0 Å². The summed E-state index contributed by atoms with van der Waals surface area (Å²) >= 11 is 0. The molecule has 0 fully saturated rings. The monoisotopic (exact) mass is 267 g/mol. The van der Waals surface area contributed by atoms with Crippen molar-refractivity contribution in [2.24, 2.45) is 4.99 Å². The standard InChI is InChI=1S/C13H21N3OS/c1-3-9-15-13(14-2)16-10-11-18(17)12-7-5-4-6-8-12/h4-8H,3,9-11H2,1-2H3,(H2,14,15,16). The highest BCUT2D eigenvalue weighted by atomic mass is 32.2. The van der Waals surface area contributed by atoms with Crippen LogP contribution in [0.2, 0.25) is 0 Å². The predicted molar refractivity (Wildman–Crippen MR) is 77.4 cm³/mol. The molecule has 0 saturated carbocycles. The highest BCUT2D eigenvalue weighted by molar-refractivity contribution is 7.85. The van der Waals surface area contributed by atoms with E-state index in [-0.39, 0.29) is 0 Å². The first-order chi connectivity index (χ1) is 8.77. The highest BCUT2D eigenvalue weighted by Gasteiger charge is 2.03. The van der Waals surface area contributed by atoms with Gasteiger partial charge in [0.15, 0.2) is 5.96 Å². The van der Waals surface area contributed by atoms with Crippen LogP contribution in [0.15, 0.2) is 40.2 Å². The third-order valence-corrected chi connectivity index (χ3v) is 3.72. The van der Waals surface area contributed by atoms with E-state index in [4.69, 9.17) is 0 Å². The van der Waals surface area contributed by atoms with E-state index in [1.807, 2.05) is 30.3 Å². The number of hydrogen-bond donors (Lipinski definition) is 2. The van der Waals surface area contributed by atoms with Gasteiger partial charge in [0, 0.05) is 30.8 Å². The SMILES string of the molecule is CCCNC(=NC)NCCS(=O)c1ccccc1. The zero-order chi connectivity index (χ0) is 13.2. The molecule has 1 unspecified atom stereocenters. The van der Waals surface area contributed by atoms with Crippen LogP contribution < -0.4 is 10.6 Å². The number of nitrogens with one attached hydrogen (secondary N) is 2. The third kappa shape index (κ3) is 5.31. The van der Waals surface area contributed by atoms with Crippen LogP contribution in [0.1, 0.15) is 13.3 Å². The summed E-state index contributed by atoms with van der Waals surface area (Å²) in [7, 11) is 0.782. The van der Waals surface area contributed by atoms with Crippen molar-refractivity contribution in [3.05, 3.63) is 30.3 Å². The Hall–Kier alpha value is -1.36. The van der Waals surface area contributed by atoms with Gasteiger partial charge >= 0.3 is 0 Å². The minimum Gasteiger partial charge on any atom is -0.356 e. The molecule has 1 atom stereocenters. The van der Waals surface area contributed by atoms with Gasteiger partial charge in [0.05, 0.1) is 10.8 Å². The summed E-state index contributed by atoms with van der Waals surface area (Å²) in [5.41, 5.74) is 0. The number of benzene rings is 1. The van der Waals surface area contributed by atoms with Crippen molar-refractivity contribution in [2.75, 3.05) is 25.9 Å². The van der Waals surface area contributed by atoms with Gasteiger partial charge in [-0.1, -0.05) is 25.1 Å². The van der Waals surface area contributed by atoms with Gasteiger partial charge in [0.25, 0.3) is 0 Å². The zero-order valence-electron chi connectivity index (χ0n) is 11.0. The fraction of sp³-hybridized carbons (Fsp3) is 0.462. The van der Waals surface area contributed by atoms with Crippen LogP contribution >= 0.6 is 0 Å². The number of guanidine groups is 1. The molecule has 100 valence electrons. The molecule has 0 amide bonds. The lowest BCUT2D eigenvalue weighted by atomic mass is 10.4. The Morgan fingerprint density at radius 1 is 1.22 bits per heavy atom. The minimum absolute atomic E-state index is 0.580. The van der Waals surface area contributed by atoms with Gasteiger partial charge in [-0.25, -0.2) is 0 Å². The first-order valence-corrected chi connectivity index (χ1v) is 7.47. The van der Waals surface area contributed by atoms with Crippen LogP contribution in [-0.4, -0.2) is 36.1 Å². The van der Waals surface area contributed by atoms with Gasteiger partial charge in [-0.3, -0.25) is 9.20 Å². The molecule has 0 aliphatic carbocycles. The largest absolute Gasteiger partial charge is 0.356 e. The molecule has 0 saturated heterocycles. The average Bonchev–Trinajstić information content (AvgIpc) is 2.43. The van der Waals surface area contributed by atoms with Crippen LogP contribution in [-0.2, 0) is 10.8 Å².